The van der Waals surface area contributed by atoms with Gasteiger partial charge < -0.3 is 14.2 Å². The van der Waals surface area contributed by atoms with Gasteiger partial charge in [0.05, 0.1) is 25.2 Å². The van der Waals surface area contributed by atoms with Gasteiger partial charge in [0.25, 0.3) is 0 Å². The highest BCUT2D eigenvalue weighted by molar-refractivity contribution is 5.55. The summed E-state index contributed by atoms with van der Waals surface area (Å²) in [7, 11) is 1.62. The maximum Gasteiger partial charge on any atom is 0.311 e. The van der Waals surface area contributed by atoms with Crippen LogP contribution in [0.15, 0.2) is 42.5 Å². The second-order valence-electron chi connectivity index (χ2n) is 6.04. The second-order valence-corrected chi connectivity index (χ2v) is 6.04. The number of rotatable bonds is 10. The Balaban J connectivity index is 1.79. The van der Waals surface area contributed by atoms with E-state index in [-0.39, 0.29) is 5.69 Å². The Bertz CT molecular complexity index is 801. The van der Waals surface area contributed by atoms with Crippen LogP contribution in [0.25, 0.3) is 6.08 Å². The lowest BCUT2D eigenvalue weighted by Gasteiger charge is -2.12. The molecule has 0 saturated carbocycles. The molecule has 0 fully saturated rings. The molecule has 0 aromatic heterocycles. The van der Waals surface area contributed by atoms with E-state index in [0.717, 1.165) is 24.0 Å². The van der Waals surface area contributed by atoms with E-state index in [4.69, 9.17) is 14.2 Å². The molecule has 0 aliphatic carbocycles. The number of unbranched alkanes of at least 4 members (excludes halogenated alkanes) is 1. The van der Waals surface area contributed by atoms with Crippen molar-refractivity contribution in [1.82, 2.24) is 0 Å². The first-order valence-corrected chi connectivity index (χ1v) is 8.86. The number of allylic oxidation sites excluding steroid dienone is 1. The number of hydrogen-bond donors (Lipinski definition) is 0. The summed E-state index contributed by atoms with van der Waals surface area (Å²) in [6, 6.07) is 10.7. The zero-order chi connectivity index (χ0) is 19.6. The number of hydrogen-bond acceptors (Lipinski definition) is 5. The topological polar surface area (TPSA) is 70.8 Å². The summed E-state index contributed by atoms with van der Waals surface area (Å²) < 4.78 is 16.7. The first-order valence-electron chi connectivity index (χ1n) is 8.86. The van der Waals surface area contributed by atoms with Gasteiger partial charge in [0.15, 0.2) is 17.2 Å². The van der Waals surface area contributed by atoms with Crippen LogP contribution >= 0.6 is 0 Å². The normalized spacial score (nSPS) is 10.8. The lowest BCUT2D eigenvalue weighted by Crippen LogP contribution is -2.04. The molecule has 6 nitrogen and oxygen atoms in total. The highest BCUT2D eigenvalue weighted by Crippen LogP contribution is 2.29. The van der Waals surface area contributed by atoms with Crippen molar-refractivity contribution >= 4 is 11.8 Å². The van der Waals surface area contributed by atoms with Gasteiger partial charge in [-0.25, -0.2) is 0 Å². The van der Waals surface area contributed by atoms with Gasteiger partial charge in [0, 0.05) is 6.07 Å². The first-order chi connectivity index (χ1) is 13.0. The van der Waals surface area contributed by atoms with Crippen molar-refractivity contribution in [2.45, 2.75) is 26.7 Å². The van der Waals surface area contributed by atoms with Crippen molar-refractivity contribution in [3.05, 3.63) is 63.7 Å². The molecule has 0 N–H and O–H groups in total. The molecule has 0 atom stereocenters. The maximum absolute atomic E-state index is 11.1. The van der Waals surface area contributed by atoms with Crippen LogP contribution in [0, 0.1) is 17.0 Å². The van der Waals surface area contributed by atoms with E-state index in [0.29, 0.717) is 30.5 Å². The van der Waals surface area contributed by atoms with Crippen molar-refractivity contribution in [3.63, 3.8) is 0 Å². The Morgan fingerprint density at radius 1 is 1.00 bits per heavy atom. The molecule has 0 radical (unpaired) electrons. The molecule has 0 saturated heterocycles. The van der Waals surface area contributed by atoms with Gasteiger partial charge in [0.2, 0.25) is 0 Å². The average Bonchev–Trinajstić information content (AvgIpc) is 2.66. The molecule has 27 heavy (non-hydrogen) atoms. The lowest BCUT2D eigenvalue weighted by atomic mass is 10.2. The Morgan fingerprint density at radius 2 is 1.67 bits per heavy atom. The zero-order valence-electron chi connectivity index (χ0n) is 15.9. The van der Waals surface area contributed by atoms with Crippen molar-refractivity contribution in [2.24, 2.45) is 0 Å². The molecule has 0 unspecified atom stereocenters. The monoisotopic (exact) mass is 371 g/mol. The number of nitrogens with zero attached hydrogens (tertiary/aromatic N) is 1. The van der Waals surface area contributed by atoms with Crippen LogP contribution in [0.3, 0.4) is 0 Å². The number of benzene rings is 2. The minimum absolute atomic E-state index is 0.00259. The molecular weight excluding hydrogens is 346 g/mol. The number of ether oxygens (including phenoxy) is 3. The Hall–Kier alpha value is -3.02. The Kier molecular flexibility index (Phi) is 7.67. The van der Waals surface area contributed by atoms with E-state index in [9.17, 15) is 10.1 Å². The van der Waals surface area contributed by atoms with Gasteiger partial charge >= 0.3 is 5.69 Å². The molecule has 2 aromatic carbocycles. The zero-order valence-corrected chi connectivity index (χ0v) is 15.9. The molecule has 144 valence electrons. The smallest absolute Gasteiger partial charge is 0.311 e. The summed E-state index contributed by atoms with van der Waals surface area (Å²) in [6.07, 6.45) is 5.45. The van der Waals surface area contributed by atoms with Crippen LogP contribution in [0.5, 0.6) is 17.2 Å². The SMILES string of the molecule is CC=Cc1ccc(OCCCCOc2ccc(C)cc2[N+](=O)[O-])c(OC)c1. The number of aryl methyl sites for hydroxylation is 1. The standard InChI is InChI=1S/C21H25NO5/c1-4-7-17-9-11-20(21(15-17)25-3)27-13-6-5-12-26-19-10-8-16(2)14-18(19)22(23)24/h4,7-11,14-15H,5-6,12-13H2,1-3H3. The van der Waals surface area contributed by atoms with Crippen LogP contribution in [-0.4, -0.2) is 25.2 Å². The highest BCUT2D eigenvalue weighted by Gasteiger charge is 2.14. The van der Waals surface area contributed by atoms with Crippen LogP contribution < -0.4 is 14.2 Å². The fourth-order valence-corrected chi connectivity index (χ4v) is 2.56. The van der Waals surface area contributed by atoms with Crippen LogP contribution in [0.1, 0.15) is 30.9 Å². The fourth-order valence-electron chi connectivity index (χ4n) is 2.56. The molecular formula is C21H25NO5. The van der Waals surface area contributed by atoms with E-state index >= 15 is 0 Å². The van der Waals surface area contributed by atoms with Gasteiger partial charge in [-0.15, -0.1) is 0 Å². The minimum Gasteiger partial charge on any atom is -0.493 e. The van der Waals surface area contributed by atoms with Gasteiger partial charge in [-0.3, -0.25) is 10.1 Å². The summed E-state index contributed by atoms with van der Waals surface area (Å²) in [4.78, 5) is 10.7. The third kappa shape index (κ3) is 6.02. The summed E-state index contributed by atoms with van der Waals surface area (Å²) in [5.41, 5.74) is 1.88. The van der Waals surface area contributed by atoms with Crippen molar-refractivity contribution < 1.29 is 19.1 Å². The molecule has 0 spiro atoms. The van der Waals surface area contributed by atoms with Crippen LogP contribution in [0.2, 0.25) is 0 Å². The third-order valence-corrected chi connectivity index (χ3v) is 3.91. The summed E-state index contributed by atoms with van der Waals surface area (Å²) in [5.74, 6) is 1.69. The first kappa shape index (κ1) is 20.3. The van der Waals surface area contributed by atoms with Crippen LogP contribution in [0.4, 0.5) is 5.69 Å². The highest BCUT2D eigenvalue weighted by atomic mass is 16.6. The quantitative estimate of drug-likeness (QED) is 0.327. The molecule has 0 aliphatic rings. The van der Waals surface area contributed by atoms with Crippen molar-refractivity contribution in [2.75, 3.05) is 20.3 Å². The van der Waals surface area contributed by atoms with E-state index in [1.54, 1.807) is 19.2 Å². The second kappa shape index (κ2) is 10.2. The molecule has 0 bridgehead atoms. The van der Waals surface area contributed by atoms with E-state index in [2.05, 4.69) is 0 Å². The summed E-state index contributed by atoms with van der Waals surface area (Å²) >= 11 is 0. The lowest BCUT2D eigenvalue weighted by molar-refractivity contribution is -0.385. The predicted octanol–water partition coefficient (Wildman–Crippen LogP) is 5.18. The minimum atomic E-state index is -0.422. The van der Waals surface area contributed by atoms with Gasteiger partial charge in [-0.1, -0.05) is 24.3 Å². The number of nitro groups is 1. The van der Waals surface area contributed by atoms with E-state index in [1.165, 1.54) is 6.07 Å². The van der Waals surface area contributed by atoms with E-state index in [1.807, 2.05) is 44.2 Å². The molecule has 6 heteroatoms. The van der Waals surface area contributed by atoms with E-state index < -0.39 is 4.92 Å². The van der Waals surface area contributed by atoms with Gasteiger partial charge in [0.1, 0.15) is 0 Å². The molecule has 0 aliphatic heterocycles. The molecule has 2 rings (SSSR count). The summed E-state index contributed by atoms with van der Waals surface area (Å²) in [5, 5.41) is 11.1. The average molecular weight is 371 g/mol. The molecule has 2 aromatic rings. The van der Waals surface area contributed by atoms with Crippen LogP contribution in [-0.2, 0) is 0 Å². The molecule has 0 amide bonds. The third-order valence-electron chi connectivity index (χ3n) is 3.91. The number of methoxy groups -OCH3 is 1. The number of nitro benzene ring substituents is 1. The van der Waals surface area contributed by atoms with Crippen molar-refractivity contribution in [1.29, 1.82) is 0 Å². The largest absolute Gasteiger partial charge is 0.493 e. The fraction of sp³-hybridized carbons (Fsp3) is 0.333. The predicted molar refractivity (Wildman–Crippen MR) is 106 cm³/mol. The summed E-state index contributed by atoms with van der Waals surface area (Å²) in [6.45, 7) is 4.68. The molecule has 0 heterocycles. The van der Waals surface area contributed by atoms with Gasteiger partial charge in [-0.2, -0.15) is 0 Å². The van der Waals surface area contributed by atoms with Crippen molar-refractivity contribution in [3.8, 4) is 17.2 Å². The van der Waals surface area contributed by atoms with Gasteiger partial charge in [-0.05, 0) is 56.0 Å². The Morgan fingerprint density at radius 3 is 2.30 bits per heavy atom. The Labute approximate surface area is 159 Å². The maximum atomic E-state index is 11.1.